The molecule has 0 unspecified atom stereocenters. The molecule has 0 bridgehead atoms. The normalized spacial score (nSPS) is 9.89. The van der Waals surface area contributed by atoms with Crippen molar-refractivity contribution in [2.45, 2.75) is 6.42 Å². The lowest BCUT2D eigenvalue weighted by atomic mass is 10.2. The predicted molar refractivity (Wildman–Crippen MR) is 71.6 cm³/mol. The smallest absolute Gasteiger partial charge is 0.305 e. The van der Waals surface area contributed by atoms with Gasteiger partial charge in [0.1, 0.15) is 6.54 Å². The number of carboxylic acids is 1. The second-order valence-corrected chi connectivity index (χ2v) is 4.69. The van der Waals surface area contributed by atoms with E-state index in [0.29, 0.717) is 10.7 Å². The molecule has 18 heavy (non-hydrogen) atoms. The van der Waals surface area contributed by atoms with E-state index in [-0.39, 0.29) is 29.6 Å². The Morgan fingerprint density at radius 3 is 2.33 bits per heavy atom. The lowest BCUT2D eigenvalue weighted by Crippen LogP contribution is -2.27. The van der Waals surface area contributed by atoms with E-state index in [4.69, 9.17) is 45.2 Å². The molecule has 0 radical (unpaired) electrons. The Bertz CT molecular complexity index is 477. The second-order valence-electron chi connectivity index (χ2n) is 3.44. The molecule has 1 rings (SSSR count). The summed E-state index contributed by atoms with van der Waals surface area (Å²) in [6, 6.07) is 4.93. The minimum absolute atomic E-state index is 0.00560. The maximum atomic E-state index is 10.6. The van der Waals surface area contributed by atoms with Crippen LogP contribution in [0.3, 0.4) is 0 Å². The van der Waals surface area contributed by atoms with Crippen LogP contribution in [-0.2, 0) is 4.79 Å². The van der Waals surface area contributed by atoms with E-state index in [1.807, 2.05) is 6.07 Å². The monoisotopic (exact) mass is 306 g/mol. The van der Waals surface area contributed by atoms with Gasteiger partial charge >= 0.3 is 5.97 Å². The Hall–Kier alpha value is -1.15. The van der Waals surface area contributed by atoms with Gasteiger partial charge in [-0.05, 0) is 12.1 Å². The number of rotatable bonds is 5. The Kier molecular flexibility index (Phi) is 5.54. The van der Waals surface area contributed by atoms with Crippen LogP contribution < -0.4 is 4.90 Å². The molecule has 0 saturated carbocycles. The molecule has 0 fully saturated rings. The molecule has 0 amide bonds. The summed E-state index contributed by atoms with van der Waals surface area (Å²) >= 11 is 17.8. The third kappa shape index (κ3) is 3.95. The first-order valence-corrected chi connectivity index (χ1v) is 6.07. The fourth-order valence-corrected chi connectivity index (χ4v) is 2.48. The van der Waals surface area contributed by atoms with E-state index in [9.17, 15) is 4.79 Å². The molecule has 0 aliphatic rings. The van der Waals surface area contributed by atoms with Crippen molar-refractivity contribution in [3.05, 3.63) is 27.2 Å². The zero-order valence-electron chi connectivity index (χ0n) is 9.16. The SMILES string of the molecule is N#CCN(CCC(=O)O)c1c(Cl)cc(Cl)cc1Cl. The first kappa shape index (κ1) is 14.9. The van der Waals surface area contributed by atoms with Crippen LogP contribution in [0.1, 0.15) is 6.42 Å². The molecule has 4 nitrogen and oxygen atoms in total. The largest absolute Gasteiger partial charge is 0.481 e. The summed E-state index contributed by atoms with van der Waals surface area (Å²) in [6.45, 7) is 0.137. The van der Waals surface area contributed by atoms with Crippen LogP contribution in [0.15, 0.2) is 12.1 Å². The van der Waals surface area contributed by atoms with Gasteiger partial charge < -0.3 is 10.0 Å². The average Bonchev–Trinajstić information content (AvgIpc) is 2.24. The molecule has 0 atom stereocenters. The second kappa shape index (κ2) is 6.69. The van der Waals surface area contributed by atoms with Gasteiger partial charge in [-0.2, -0.15) is 5.26 Å². The lowest BCUT2D eigenvalue weighted by molar-refractivity contribution is -0.136. The third-order valence-electron chi connectivity index (χ3n) is 2.16. The Morgan fingerprint density at radius 2 is 1.89 bits per heavy atom. The van der Waals surface area contributed by atoms with Gasteiger partial charge in [-0.25, -0.2) is 0 Å². The van der Waals surface area contributed by atoms with Crippen molar-refractivity contribution >= 4 is 46.5 Å². The van der Waals surface area contributed by atoms with E-state index in [1.165, 1.54) is 17.0 Å². The molecule has 0 aliphatic carbocycles. The lowest BCUT2D eigenvalue weighted by Gasteiger charge is -2.23. The summed E-state index contributed by atoms with van der Waals surface area (Å²) in [5.41, 5.74) is 0.422. The predicted octanol–water partition coefficient (Wildman–Crippen LogP) is 3.45. The van der Waals surface area contributed by atoms with Crippen molar-refractivity contribution in [2.24, 2.45) is 0 Å². The van der Waals surface area contributed by atoms with Crippen LogP contribution in [0.5, 0.6) is 0 Å². The number of carboxylic acid groups (broad SMARTS) is 1. The van der Waals surface area contributed by atoms with Gasteiger partial charge in [-0.1, -0.05) is 34.8 Å². The molecule has 1 N–H and O–H groups in total. The Balaban J connectivity index is 3.06. The van der Waals surface area contributed by atoms with Crippen LogP contribution in [-0.4, -0.2) is 24.2 Å². The maximum absolute atomic E-state index is 10.6. The summed E-state index contributed by atoms with van der Waals surface area (Å²) < 4.78 is 0. The highest BCUT2D eigenvalue weighted by Gasteiger charge is 2.16. The van der Waals surface area contributed by atoms with Crippen LogP contribution in [0.25, 0.3) is 0 Å². The Morgan fingerprint density at radius 1 is 1.33 bits per heavy atom. The molecule has 96 valence electrons. The number of aliphatic carboxylic acids is 1. The molecule has 0 spiro atoms. The summed E-state index contributed by atoms with van der Waals surface area (Å²) in [6.07, 6.45) is -0.114. The van der Waals surface area contributed by atoms with E-state index in [2.05, 4.69) is 0 Å². The van der Waals surface area contributed by atoms with Crippen molar-refractivity contribution in [1.29, 1.82) is 5.26 Å². The first-order valence-electron chi connectivity index (χ1n) is 4.94. The van der Waals surface area contributed by atoms with Gasteiger partial charge in [0.25, 0.3) is 0 Å². The van der Waals surface area contributed by atoms with E-state index in [1.54, 1.807) is 0 Å². The summed E-state index contributed by atoms with van der Waals surface area (Å²) in [7, 11) is 0. The quantitative estimate of drug-likeness (QED) is 0.846. The van der Waals surface area contributed by atoms with Gasteiger partial charge in [0.2, 0.25) is 0 Å². The van der Waals surface area contributed by atoms with Crippen LogP contribution in [0.4, 0.5) is 5.69 Å². The highest BCUT2D eigenvalue weighted by molar-refractivity contribution is 6.41. The number of anilines is 1. The summed E-state index contributed by atoms with van der Waals surface area (Å²) in [5, 5.41) is 18.4. The van der Waals surface area contributed by atoms with Crippen molar-refractivity contribution in [3.8, 4) is 6.07 Å². The minimum Gasteiger partial charge on any atom is -0.481 e. The van der Waals surface area contributed by atoms with Gasteiger partial charge in [0.15, 0.2) is 0 Å². The first-order chi connectivity index (χ1) is 8.45. The molecule has 7 heteroatoms. The van der Waals surface area contributed by atoms with Gasteiger partial charge in [0, 0.05) is 11.6 Å². The van der Waals surface area contributed by atoms with Crippen LogP contribution in [0.2, 0.25) is 15.1 Å². The number of nitriles is 1. The molecular formula is C11H9Cl3N2O2. The summed E-state index contributed by atoms with van der Waals surface area (Å²) in [4.78, 5) is 12.1. The summed E-state index contributed by atoms with van der Waals surface area (Å²) in [5.74, 6) is -0.959. The molecular weight excluding hydrogens is 298 g/mol. The third-order valence-corrected chi connectivity index (χ3v) is 2.95. The molecule has 0 saturated heterocycles. The van der Waals surface area contributed by atoms with Crippen molar-refractivity contribution in [2.75, 3.05) is 18.0 Å². The zero-order chi connectivity index (χ0) is 13.7. The molecule has 0 heterocycles. The van der Waals surface area contributed by atoms with Crippen LogP contribution in [0, 0.1) is 11.3 Å². The standard InChI is InChI=1S/C11H9Cl3N2O2/c12-7-5-8(13)11(9(14)6-7)16(4-2-15)3-1-10(17)18/h5-6H,1,3-4H2,(H,17,18). The molecule has 0 aromatic heterocycles. The topological polar surface area (TPSA) is 64.3 Å². The van der Waals surface area contributed by atoms with E-state index < -0.39 is 5.97 Å². The maximum Gasteiger partial charge on any atom is 0.305 e. The molecule has 1 aromatic carbocycles. The van der Waals surface area contributed by atoms with Crippen LogP contribution >= 0.6 is 34.8 Å². The minimum atomic E-state index is -0.959. The van der Waals surface area contributed by atoms with E-state index in [0.717, 1.165) is 0 Å². The van der Waals surface area contributed by atoms with Crippen molar-refractivity contribution in [3.63, 3.8) is 0 Å². The number of halogens is 3. The zero-order valence-corrected chi connectivity index (χ0v) is 11.4. The van der Waals surface area contributed by atoms with Crippen molar-refractivity contribution in [1.82, 2.24) is 0 Å². The number of nitrogens with zero attached hydrogens (tertiary/aromatic N) is 2. The van der Waals surface area contributed by atoms with Gasteiger partial charge in [-0.15, -0.1) is 0 Å². The molecule has 1 aromatic rings. The Labute approximate surface area is 119 Å². The highest BCUT2D eigenvalue weighted by Crippen LogP contribution is 2.36. The number of hydrogen-bond donors (Lipinski definition) is 1. The number of carbonyl (C=O) groups is 1. The number of benzene rings is 1. The van der Waals surface area contributed by atoms with Crippen molar-refractivity contribution < 1.29 is 9.90 Å². The highest BCUT2D eigenvalue weighted by atomic mass is 35.5. The van der Waals surface area contributed by atoms with Gasteiger partial charge in [0.05, 0.1) is 28.2 Å². The molecule has 0 aliphatic heterocycles. The average molecular weight is 308 g/mol. The fourth-order valence-electron chi connectivity index (χ4n) is 1.42. The van der Waals surface area contributed by atoms with Gasteiger partial charge in [-0.3, -0.25) is 4.79 Å². The van der Waals surface area contributed by atoms with E-state index >= 15 is 0 Å². The number of hydrogen-bond acceptors (Lipinski definition) is 3. The fraction of sp³-hybridized carbons (Fsp3) is 0.273.